The van der Waals surface area contributed by atoms with Gasteiger partial charge in [0.2, 0.25) is 15.9 Å². The summed E-state index contributed by atoms with van der Waals surface area (Å²) in [5, 5.41) is 3.42. The van der Waals surface area contributed by atoms with E-state index in [0.717, 1.165) is 23.4 Å². The van der Waals surface area contributed by atoms with Gasteiger partial charge in [-0.2, -0.15) is 4.31 Å². The Bertz CT molecular complexity index is 949. The molecule has 4 rings (SSSR count). The van der Waals surface area contributed by atoms with Crippen LogP contribution in [0.5, 0.6) is 5.75 Å². The molecule has 27 heavy (non-hydrogen) atoms. The number of hydrogen-bond acceptors (Lipinski definition) is 6. The maximum atomic E-state index is 12.9. The van der Waals surface area contributed by atoms with Crippen LogP contribution in [0.3, 0.4) is 0 Å². The van der Waals surface area contributed by atoms with E-state index in [4.69, 9.17) is 4.74 Å². The maximum absolute atomic E-state index is 12.9. The van der Waals surface area contributed by atoms with Crippen molar-refractivity contribution in [1.82, 2.24) is 9.29 Å². The molecule has 1 N–H and O–H groups in total. The van der Waals surface area contributed by atoms with Crippen LogP contribution < -0.4 is 10.1 Å². The molecular weight excluding hydrogens is 386 g/mol. The molecule has 0 radical (unpaired) electrons. The van der Waals surface area contributed by atoms with Crippen LogP contribution in [-0.4, -0.2) is 36.8 Å². The lowest BCUT2D eigenvalue weighted by Crippen LogP contribution is -2.35. The number of nitrogens with zero attached hydrogens (tertiary/aromatic N) is 2. The fourth-order valence-electron chi connectivity index (χ4n) is 3.01. The maximum Gasteiger partial charge on any atom is 0.243 e. The summed E-state index contributed by atoms with van der Waals surface area (Å²) in [5.41, 5.74) is 0.879. The highest BCUT2D eigenvalue weighted by Crippen LogP contribution is 2.34. The number of nitrogens with one attached hydrogen (secondary N) is 1. The highest BCUT2D eigenvalue weighted by Gasteiger charge is 2.32. The Kier molecular flexibility index (Phi) is 4.92. The van der Waals surface area contributed by atoms with E-state index in [9.17, 15) is 13.2 Å². The fraction of sp³-hybridized carbons (Fsp3) is 0.444. The van der Waals surface area contributed by atoms with Gasteiger partial charge in [0.1, 0.15) is 5.75 Å². The van der Waals surface area contributed by atoms with Gasteiger partial charge in [0.05, 0.1) is 23.7 Å². The van der Waals surface area contributed by atoms with Gasteiger partial charge in [-0.1, -0.05) is 0 Å². The van der Waals surface area contributed by atoms with Gasteiger partial charge in [0.25, 0.3) is 0 Å². The molecule has 9 heteroatoms. The molecule has 1 aliphatic carbocycles. The molecule has 2 aliphatic rings. The van der Waals surface area contributed by atoms with Gasteiger partial charge in [-0.15, -0.1) is 11.3 Å². The van der Waals surface area contributed by atoms with Gasteiger partial charge in [-0.05, 0) is 44.0 Å². The van der Waals surface area contributed by atoms with Crippen molar-refractivity contribution in [2.45, 2.75) is 37.6 Å². The van der Waals surface area contributed by atoms with Crippen molar-refractivity contribution < 1.29 is 17.9 Å². The van der Waals surface area contributed by atoms with Crippen LogP contribution in [0.25, 0.3) is 0 Å². The van der Waals surface area contributed by atoms with Crippen LogP contribution in [0, 0.1) is 5.92 Å². The zero-order valence-corrected chi connectivity index (χ0v) is 16.6. The Morgan fingerprint density at radius 3 is 2.74 bits per heavy atom. The van der Waals surface area contributed by atoms with Gasteiger partial charge < -0.3 is 10.1 Å². The predicted octanol–water partition coefficient (Wildman–Crippen LogP) is 2.64. The molecule has 2 aromatic rings. The second-order valence-electron chi connectivity index (χ2n) is 6.65. The first-order chi connectivity index (χ1) is 13.0. The van der Waals surface area contributed by atoms with Gasteiger partial charge in [-0.25, -0.2) is 13.4 Å². The summed E-state index contributed by atoms with van der Waals surface area (Å²) in [6, 6.07) is 6.49. The van der Waals surface area contributed by atoms with Crippen molar-refractivity contribution in [3.8, 4) is 5.75 Å². The molecule has 0 bridgehead atoms. The number of sulfonamides is 1. The second kappa shape index (κ2) is 7.21. The molecule has 1 aromatic carbocycles. The lowest BCUT2D eigenvalue weighted by Gasteiger charge is -2.25. The minimum absolute atomic E-state index is 0.0139. The molecule has 1 aromatic heterocycles. The first-order valence-electron chi connectivity index (χ1n) is 9.00. The molecule has 0 atom stereocenters. The minimum Gasteiger partial charge on any atom is -0.494 e. The zero-order chi connectivity index (χ0) is 19.0. The SMILES string of the molecule is CCOc1ccc(S(=O)(=O)N2CCc3nc(NC(=O)C4CC4)sc3C2)cc1. The molecule has 1 fully saturated rings. The lowest BCUT2D eigenvalue weighted by atomic mass is 10.2. The van der Waals surface area contributed by atoms with E-state index in [0.29, 0.717) is 30.5 Å². The van der Waals surface area contributed by atoms with Crippen molar-refractivity contribution in [3.05, 3.63) is 34.8 Å². The third kappa shape index (κ3) is 3.85. The van der Waals surface area contributed by atoms with Crippen LogP contribution in [0.4, 0.5) is 5.13 Å². The van der Waals surface area contributed by atoms with E-state index in [2.05, 4.69) is 10.3 Å². The van der Waals surface area contributed by atoms with E-state index < -0.39 is 10.0 Å². The topological polar surface area (TPSA) is 88.6 Å². The Labute approximate surface area is 162 Å². The largest absolute Gasteiger partial charge is 0.494 e. The van der Waals surface area contributed by atoms with E-state index in [1.54, 1.807) is 24.3 Å². The average Bonchev–Trinajstić information content (AvgIpc) is 3.42. The number of carbonyl (C=O) groups excluding carboxylic acids is 1. The van der Waals surface area contributed by atoms with Crippen molar-refractivity contribution in [1.29, 1.82) is 0 Å². The summed E-state index contributed by atoms with van der Waals surface area (Å²) in [7, 11) is -3.58. The Balaban J connectivity index is 1.49. The molecular formula is C18H21N3O4S2. The number of ether oxygens (including phenoxy) is 1. The number of thiazole rings is 1. The molecule has 1 amide bonds. The van der Waals surface area contributed by atoms with Crippen molar-refractivity contribution in [3.63, 3.8) is 0 Å². The van der Waals surface area contributed by atoms with Gasteiger partial charge in [0.15, 0.2) is 5.13 Å². The lowest BCUT2D eigenvalue weighted by molar-refractivity contribution is -0.117. The van der Waals surface area contributed by atoms with Gasteiger partial charge in [-0.3, -0.25) is 4.79 Å². The molecule has 0 saturated heterocycles. The summed E-state index contributed by atoms with van der Waals surface area (Å²) in [5.74, 6) is 0.776. The van der Waals surface area contributed by atoms with Crippen molar-refractivity contribution in [2.24, 2.45) is 5.92 Å². The second-order valence-corrected chi connectivity index (χ2v) is 9.67. The van der Waals surface area contributed by atoms with Crippen molar-refractivity contribution >= 4 is 32.4 Å². The summed E-state index contributed by atoms with van der Waals surface area (Å²) < 4.78 is 32.7. The standard InChI is InChI=1S/C18H21N3O4S2/c1-2-25-13-5-7-14(8-6-13)27(23,24)21-10-9-15-16(11-21)26-18(19-15)20-17(22)12-3-4-12/h5-8,12H,2-4,9-11H2,1H3,(H,19,20,22). The van der Waals surface area contributed by atoms with Crippen LogP contribution >= 0.6 is 11.3 Å². The highest BCUT2D eigenvalue weighted by atomic mass is 32.2. The third-order valence-electron chi connectivity index (χ3n) is 4.65. The molecule has 0 spiro atoms. The molecule has 1 saturated carbocycles. The molecule has 7 nitrogen and oxygen atoms in total. The molecule has 0 unspecified atom stereocenters. The zero-order valence-electron chi connectivity index (χ0n) is 15.0. The van der Waals surface area contributed by atoms with E-state index in [1.807, 2.05) is 6.92 Å². The number of fused-ring (bicyclic) bond motifs is 1. The number of anilines is 1. The summed E-state index contributed by atoms with van der Waals surface area (Å²) >= 11 is 1.36. The monoisotopic (exact) mass is 407 g/mol. The fourth-order valence-corrected chi connectivity index (χ4v) is 5.52. The quantitative estimate of drug-likeness (QED) is 0.795. The Hall–Kier alpha value is -1.97. The smallest absolute Gasteiger partial charge is 0.243 e. The molecule has 2 heterocycles. The number of benzene rings is 1. The summed E-state index contributed by atoms with van der Waals surface area (Å²) in [6.07, 6.45) is 2.41. The Morgan fingerprint density at radius 2 is 2.07 bits per heavy atom. The molecule has 1 aliphatic heterocycles. The number of rotatable bonds is 6. The first-order valence-corrected chi connectivity index (χ1v) is 11.3. The average molecular weight is 408 g/mol. The first kappa shape index (κ1) is 18.4. The number of aromatic nitrogens is 1. The van der Waals surface area contributed by atoms with Gasteiger partial charge >= 0.3 is 0 Å². The normalized spacial score (nSPS) is 17.4. The highest BCUT2D eigenvalue weighted by molar-refractivity contribution is 7.89. The predicted molar refractivity (Wildman–Crippen MR) is 102 cm³/mol. The van der Waals surface area contributed by atoms with Crippen LogP contribution in [-0.2, 0) is 27.8 Å². The number of amides is 1. The summed E-state index contributed by atoms with van der Waals surface area (Å²) in [4.78, 5) is 17.5. The number of hydrogen-bond donors (Lipinski definition) is 1. The van der Waals surface area contributed by atoms with E-state index in [-0.39, 0.29) is 23.3 Å². The third-order valence-corrected chi connectivity index (χ3v) is 7.50. The molecule has 144 valence electrons. The van der Waals surface area contributed by atoms with Crippen LogP contribution in [0.1, 0.15) is 30.3 Å². The van der Waals surface area contributed by atoms with Gasteiger partial charge in [0, 0.05) is 23.8 Å². The van der Waals surface area contributed by atoms with Crippen LogP contribution in [0.15, 0.2) is 29.2 Å². The summed E-state index contributed by atoms with van der Waals surface area (Å²) in [6.45, 7) is 3.07. The van der Waals surface area contributed by atoms with E-state index in [1.165, 1.54) is 15.6 Å². The van der Waals surface area contributed by atoms with Crippen molar-refractivity contribution in [2.75, 3.05) is 18.5 Å². The minimum atomic E-state index is -3.58. The Morgan fingerprint density at radius 1 is 1.33 bits per heavy atom. The number of carbonyl (C=O) groups is 1. The van der Waals surface area contributed by atoms with Crippen LogP contribution in [0.2, 0.25) is 0 Å². The van der Waals surface area contributed by atoms with E-state index >= 15 is 0 Å².